The molecule has 0 heterocycles. The van der Waals surface area contributed by atoms with Crippen LogP contribution in [0, 0.1) is 16.3 Å². The standard InChI is InChI=1S/C13H11ClFIN2/c1-7-8(14)3-2-4-12(7)18-13-5-9(15)10(16)6-11(13)17/h2-6,18H,17H2,1H3. The zero-order valence-electron chi connectivity index (χ0n) is 9.60. The van der Waals surface area contributed by atoms with E-state index in [0.717, 1.165) is 11.3 Å². The molecule has 0 aliphatic heterocycles. The van der Waals surface area contributed by atoms with Gasteiger partial charge in [0.05, 0.1) is 14.9 Å². The molecule has 0 saturated heterocycles. The number of nitrogens with two attached hydrogens (primary N) is 1. The molecule has 0 spiro atoms. The summed E-state index contributed by atoms with van der Waals surface area (Å²) >= 11 is 7.94. The summed E-state index contributed by atoms with van der Waals surface area (Å²) in [7, 11) is 0. The van der Waals surface area contributed by atoms with Gasteiger partial charge in [0.15, 0.2) is 0 Å². The number of halogens is 3. The number of anilines is 3. The SMILES string of the molecule is Cc1c(Cl)cccc1Nc1cc(F)c(I)cc1N. The van der Waals surface area contributed by atoms with Crippen molar-refractivity contribution in [1.29, 1.82) is 0 Å². The van der Waals surface area contributed by atoms with Gasteiger partial charge >= 0.3 is 0 Å². The number of nitrogen functional groups attached to an aromatic ring is 1. The maximum atomic E-state index is 13.5. The van der Waals surface area contributed by atoms with Gasteiger partial charge in [0, 0.05) is 16.8 Å². The van der Waals surface area contributed by atoms with Gasteiger partial charge in [0.2, 0.25) is 0 Å². The molecule has 2 nitrogen and oxygen atoms in total. The van der Waals surface area contributed by atoms with E-state index >= 15 is 0 Å². The first-order chi connectivity index (χ1) is 8.49. The Labute approximate surface area is 123 Å². The topological polar surface area (TPSA) is 38.0 Å². The van der Waals surface area contributed by atoms with E-state index in [1.54, 1.807) is 12.1 Å². The predicted octanol–water partition coefficient (Wildman–Crippen LogP) is 4.72. The van der Waals surface area contributed by atoms with Crippen LogP contribution in [0.1, 0.15) is 5.56 Å². The number of benzene rings is 2. The quantitative estimate of drug-likeness (QED) is 0.588. The van der Waals surface area contributed by atoms with Crippen LogP contribution < -0.4 is 11.1 Å². The fourth-order valence-corrected chi connectivity index (χ4v) is 2.22. The lowest BCUT2D eigenvalue weighted by atomic mass is 10.2. The average molecular weight is 377 g/mol. The lowest BCUT2D eigenvalue weighted by molar-refractivity contribution is 0.621. The summed E-state index contributed by atoms with van der Waals surface area (Å²) in [4.78, 5) is 0. The second-order valence-electron chi connectivity index (χ2n) is 3.89. The highest BCUT2D eigenvalue weighted by Gasteiger charge is 2.08. The molecule has 0 aliphatic rings. The fraction of sp³-hybridized carbons (Fsp3) is 0.0769. The summed E-state index contributed by atoms with van der Waals surface area (Å²) in [6.07, 6.45) is 0. The van der Waals surface area contributed by atoms with E-state index in [4.69, 9.17) is 17.3 Å². The van der Waals surface area contributed by atoms with Gasteiger partial charge in [-0.1, -0.05) is 17.7 Å². The molecule has 3 N–H and O–H groups in total. The third-order valence-corrected chi connectivity index (χ3v) is 3.87. The largest absolute Gasteiger partial charge is 0.397 e. The van der Waals surface area contributed by atoms with Gasteiger partial charge in [0.25, 0.3) is 0 Å². The van der Waals surface area contributed by atoms with Crippen molar-refractivity contribution >= 4 is 51.3 Å². The molecule has 2 rings (SSSR count). The van der Waals surface area contributed by atoms with Crippen molar-refractivity contribution < 1.29 is 4.39 Å². The Bertz CT molecular complexity index is 602. The number of nitrogens with one attached hydrogen (secondary N) is 1. The molecule has 0 bridgehead atoms. The Morgan fingerprint density at radius 1 is 1.28 bits per heavy atom. The van der Waals surface area contributed by atoms with Crippen molar-refractivity contribution in [3.8, 4) is 0 Å². The lowest BCUT2D eigenvalue weighted by Crippen LogP contribution is -2.00. The van der Waals surface area contributed by atoms with Crippen LogP contribution in [-0.2, 0) is 0 Å². The van der Waals surface area contributed by atoms with E-state index in [-0.39, 0.29) is 5.82 Å². The monoisotopic (exact) mass is 376 g/mol. The lowest BCUT2D eigenvalue weighted by Gasteiger charge is -2.13. The third kappa shape index (κ3) is 2.70. The highest BCUT2D eigenvalue weighted by molar-refractivity contribution is 14.1. The molecule has 0 saturated carbocycles. The maximum absolute atomic E-state index is 13.5. The van der Waals surface area contributed by atoms with Crippen molar-refractivity contribution in [2.75, 3.05) is 11.1 Å². The zero-order chi connectivity index (χ0) is 13.3. The maximum Gasteiger partial charge on any atom is 0.138 e. The summed E-state index contributed by atoms with van der Waals surface area (Å²) in [5, 5.41) is 3.75. The van der Waals surface area contributed by atoms with Crippen LogP contribution >= 0.6 is 34.2 Å². The Morgan fingerprint density at radius 3 is 2.72 bits per heavy atom. The summed E-state index contributed by atoms with van der Waals surface area (Å²) < 4.78 is 14.0. The summed E-state index contributed by atoms with van der Waals surface area (Å²) in [6, 6.07) is 8.49. The van der Waals surface area contributed by atoms with E-state index in [0.29, 0.717) is 20.0 Å². The van der Waals surface area contributed by atoms with Gasteiger partial charge in [-0.2, -0.15) is 0 Å². The van der Waals surface area contributed by atoms with Crippen molar-refractivity contribution in [3.05, 3.63) is 50.3 Å². The Kier molecular flexibility index (Phi) is 3.97. The molecule has 0 aliphatic carbocycles. The zero-order valence-corrected chi connectivity index (χ0v) is 12.5. The predicted molar refractivity (Wildman–Crippen MR) is 83.0 cm³/mol. The Morgan fingerprint density at radius 2 is 2.00 bits per heavy atom. The molecule has 18 heavy (non-hydrogen) atoms. The molecule has 0 fully saturated rings. The highest BCUT2D eigenvalue weighted by atomic mass is 127. The van der Waals surface area contributed by atoms with Crippen LogP contribution in [0.5, 0.6) is 0 Å². The molecule has 0 aromatic heterocycles. The van der Waals surface area contributed by atoms with E-state index in [9.17, 15) is 4.39 Å². The van der Waals surface area contributed by atoms with Crippen molar-refractivity contribution in [2.24, 2.45) is 0 Å². The van der Waals surface area contributed by atoms with Crippen LogP contribution in [0.3, 0.4) is 0 Å². The Hall–Kier alpha value is -1.01. The van der Waals surface area contributed by atoms with Gasteiger partial charge in [-0.3, -0.25) is 0 Å². The first kappa shape index (κ1) is 13.4. The summed E-state index contributed by atoms with van der Waals surface area (Å²) in [5.41, 5.74) is 8.61. The van der Waals surface area contributed by atoms with Gasteiger partial charge in [0.1, 0.15) is 5.82 Å². The first-order valence-corrected chi connectivity index (χ1v) is 6.71. The smallest absolute Gasteiger partial charge is 0.138 e. The van der Waals surface area contributed by atoms with E-state index in [1.165, 1.54) is 6.07 Å². The van der Waals surface area contributed by atoms with E-state index < -0.39 is 0 Å². The molecule has 0 amide bonds. The molecule has 0 atom stereocenters. The normalized spacial score (nSPS) is 10.4. The van der Waals surface area contributed by atoms with Crippen LogP contribution in [0.25, 0.3) is 0 Å². The summed E-state index contributed by atoms with van der Waals surface area (Å²) in [5.74, 6) is -0.299. The van der Waals surface area contributed by atoms with Crippen LogP contribution in [0.15, 0.2) is 30.3 Å². The van der Waals surface area contributed by atoms with E-state index in [1.807, 2.05) is 41.6 Å². The van der Waals surface area contributed by atoms with Crippen LogP contribution in [0.2, 0.25) is 5.02 Å². The second-order valence-corrected chi connectivity index (χ2v) is 5.46. The van der Waals surface area contributed by atoms with Crippen molar-refractivity contribution in [2.45, 2.75) is 6.92 Å². The Balaban J connectivity index is 2.40. The molecule has 2 aromatic rings. The minimum atomic E-state index is -0.299. The van der Waals surface area contributed by atoms with Crippen LogP contribution in [-0.4, -0.2) is 0 Å². The average Bonchev–Trinajstić information content (AvgIpc) is 2.32. The first-order valence-electron chi connectivity index (χ1n) is 5.25. The van der Waals surface area contributed by atoms with Gasteiger partial charge in [-0.25, -0.2) is 4.39 Å². The minimum Gasteiger partial charge on any atom is -0.397 e. The second kappa shape index (κ2) is 5.32. The summed E-state index contributed by atoms with van der Waals surface area (Å²) in [6.45, 7) is 1.89. The van der Waals surface area contributed by atoms with E-state index in [2.05, 4.69) is 5.32 Å². The minimum absolute atomic E-state index is 0.299. The highest BCUT2D eigenvalue weighted by Crippen LogP contribution is 2.30. The van der Waals surface area contributed by atoms with Crippen molar-refractivity contribution in [1.82, 2.24) is 0 Å². The van der Waals surface area contributed by atoms with Gasteiger partial charge in [-0.15, -0.1) is 0 Å². The molecule has 94 valence electrons. The van der Waals surface area contributed by atoms with Crippen molar-refractivity contribution in [3.63, 3.8) is 0 Å². The van der Waals surface area contributed by atoms with Gasteiger partial charge in [-0.05, 0) is 53.3 Å². The number of hydrogen-bond donors (Lipinski definition) is 2. The number of rotatable bonds is 2. The fourth-order valence-electron chi connectivity index (χ4n) is 1.56. The molecule has 2 aromatic carbocycles. The third-order valence-electron chi connectivity index (χ3n) is 2.63. The molecule has 0 radical (unpaired) electrons. The molecular weight excluding hydrogens is 366 g/mol. The van der Waals surface area contributed by atoms with Gasteiger partial charge < -0.3 is 11.1 Å². The molecule has 0 unspecified atom stereocenters. The molecular formula is C13H11ClFIN2. The van der Waals surface area contributed by atoms with Crippen LogP contribution in [0.4, 0.5) is 21.5 Å². The number of hydrogen-bond acceptors (Lipinski definition) is 2. The molecule has 5 heteroatoms.